The number of hydrogen-bond acceptors (Lipinski definition) is 0. The van der Waals surface area contributed by atoms with Gasteiger partial charge in [-0.25, -0.2) is 0 Å². The Kier molecular flexibility index (Phi) is 2.29. The molecule has 11 heavy (non-hydrogen) atoms. The van der Waals surface area contributed by atoms with Gasteiger partial charge in [0.05, 0.1) is 4.32 Å². The van der Waals surface area contributed by atoms with E-state index in [4.69, 9.17) is 0 Å². The van der Waals surface area contributed by atoms with Crippen molar-refractivity contribution in [2.75, 3.05) is 0 Å². The third-order valence-electron chi connectivity index (χ3n) is 2.27. The van der Waals surface area contributed by atoms with Crippen LogP contribution in [0, 0.1) is 5.41 Å². The zero-order valence-electron chi connectivity index (χ0n) is 7.39. The second kappa shape index (κ2) is 2.78. The number of hydrogen-bond donors (Lipinski definition) is 0. The van der Waals surface area contributed by atoms with Crippen LogP contribution in [0.5, 0.6) is 0 Å². The molecule has 0 aromatic heterocycles. The highest BCUT2D eigenvalue weighted by atomic mass is 79.9. The Morgan fingerprint density at radius 1 is 1.27 bits per heavy atom. The average Bonchev–Trinajstić information content (AvgIpc) is 1.87. The fourth-order valence-electron chi connectivity index (χ4n) is 1.15. The smallest absolute Gasteiger partial charge is 0.0522 e. The molecule has 0 bridgehead atoms. The molecule has 0 amide bonds. The molecule has 0 saturated carbocycles. The standard InChI is InChI=1S/C10H15Br/c1-9(2,3)10(11)7-5-4-6-8-10/h4-7H,8H2,1-3H3. The summed E-state index contributed by atoms with van der Waals surface area (Å²) in [4.78, 5) is 0. The van der Waals surface area contributed by atoms with E-state index in [1.165, 1.54) is 0 Å². The van der Waals surface area contributed by atoms with Crippen molar-refractivity contribution in [1.29, 1.82) is 0 Å². The van der Waals surface area contributed by atoms with Crippen molar-refractivity contribution in [3.63, 3.8) is 0 Å². The molecule has 0 heterocycles. The van der Waals surface area contributed by atoms with E-state index in [0.29, 0.717) is 0 Å². The molecule has 0 saturated heterocycles. The minimum absolute atomic E-state index is 0.161. The molecule has 0 radical (unpaired) electrons. The predicted octanol–water partition coefficient (Wildman–Crippen LogP) is 3.68. The molecular weight excluding hydrogens is 200 g/mol. The van der Waals surface area contributed by atoms with E-state index in [1.807, 2.05) is 0 Å². The van der Waals surface area contributed by atoms with Gasteiger partial charge < -0.3 is 0 Å². The van der Waals surface area contributed by atoms with Crippen LogP contribution in [0.4, 0.5) is 0 Å². The first kappa shape index (κ1) is 9.05. The Morgan fingerprint density at radius 3 is 2.18 bits per heavy atom. The second-order valence-electron chi connectivity index (χ2n) is 4.10. The normalized spacial score (nSPS) is 30.9. The maximum atomic E-state index is 3.78. The van der Waals surface area contributed by atoms with Gasteiger partial charge in [0.15, 0.2) is 0 Å². The molecule has 1 aliphatic rings. The van der Waals surface area contributed by atoms with Crippen LogP contribution in [-0.4, -0.2) is 4.32 Å². The van der Waals surface area contributed by atoms with Crippen molar-refractivity contribution in [3.8, 4) is 0 Å². The van der Waals surface area contributed by atoms with E-state index >= 15 is 0 Å². The minimum Gasteiger partial charge on any atom is -0.0828 e. The highest BCUT2D eigenvalue weighted by Gasteiger charge is 2.36. The number of allylic oxidation sites excluding steroid dienone is 4. The van der Waals surface area contributed by atoms with Gasteiger partial charge >= 0.3 is 0 Å². The minimum atomic E-state index is 0.161. The van der Waals surface area contributed by atoms with E-state index in [1.54, 1.807) is 0 Å². The second-order valence-corrected chi connectivity index (χ2v) is 5.52. The topological polar surface area (TPSA) is 0 Å². The molecule has 62 valence electrons. The van der Waals surface area contributed by atoms with Crippen LogP contribution in [0.25, 0.3) is 0 Å². The van der Waals surface area contributed by atoms with Gasteiger partial charge in [-0.3, -0.25) is 0 Å². The summed E-state index contributed by atoms with van der Waals surface area (Å²) in [6.45, 7) is 6.77. The lowest BCUT2D eigenvalue weighted by Gasteiger charge is -2.38. The molecule has 0 spiro atoms. The van der Waals surface area contributed by atoms with Gasteiger partial charge in [-0.05, 0) is 11.8 Å². The van der Waals surface area contributed by atoms with Gasteiger partial charge in [-0.1, -0.05) is 61.0 Å². The molecule has 0 nitrogen and oxygen atoms in total. The quantitative estimate of drug-likeness (QED) is 0.540. The molecule has 0 aliphatic heterocycles. The molecular formula is C10H15Br. The third-order valence-corrected chi connectivity index (χ3v) is 4.05. The summed E-state index contributed by atoms with van der Waals surface area (Å²) >= 11 is 3.78. The van der Waals surface area contributed by atoms with Gasteiger partial charge in [0.1, 0.15) is 0 Å². The summed E-state index contributed by atoms with van der Waals surface area (Å²) in [5, 5.41) is 0. The maximum Gasteiger partial charge on any atom is 0.0522 e. The molecule has 0 aromatic rings. The van der Waals surface area contributed by atoms with Gasteiger partial charge in [-0.15, -0.1) is 0 Å². The SMILES string of the molecule is CC(C)(C)C1(Br)C=CC=CC1. The van der Waals surface area contributed by atoms with Crippen molar-refractivity contribution in [2.45, 2.75) is 31.5 Å². The van der Waals surface area contributed by atoms with E-state index < -0.39 is 0 Å². The van der Waals surface area contributed by atoms with Crippen LogP contribution in [0.15, 0.2) is 24.3 Å². The van der Waals surface area contributed by atoms with Crippen molar-refractivity contribution in [3.05, 3.63) is 24.3 Å². The largest absolute Gasteiger partial charge is 0.0828 e. The molecule has 1 heteroatoms. The van der Waals surface area contributed by atoms with E-state index in [2.05, 4.69) is 61.0 Å². The van der Waals surface area contributed by atoms with Gasteiger partial charge in [0.2, 0.25) is 0 Å². The Morgan fingerprint density at radius 2 is 1.91 bits per heavy atom. The maximum absolute atomic E-state index is 3.78. The zero-order valence-corrected chi connectivity index (χ0v) is 8.98. The van der Waals surface area contributed by atoms with Gasteiger partial charge in [0, 0.05) is 0 Å². The monoisotopic (exact) mass is 214 g/mol. The van der Waals surface area contributed by atoms with Crippen LogP contribution in [0.1, 0.15) is 27.2 Å². The Labute approximate surface area is 77.5 Å². The van der Waals surface area contributed by atoms with Gasteiger partial charge in [0.25, 0.3) is 0 Å². The molecule has 0 aromatic carbocycles. The highest BCUT2D eigenvalue weighted by molar-refractivity contribution is 9.10. The molecule has 0 fully saturated rings. The predicted molar refractivity (Wildman–Crippen MR) is 54.0 cm³/mol. The first-order valence-corrected chi connectivity index (χ1v) is 4.78. The highest BCUT2D eigenvalue weighted by Crippen LogP contribution is 2.43. The lowest BCUT2D eigenvalue weighted by Crippen LogP contribution is -2.34. The molecule has 1 aliphatic carbocycles. The average molecular weight is 215 g/mol. The summed E-state index contributed by atoms with van der Waals surface area (Å²) in [7, 11) is 0. The van der Waals surface area contributed by atoms with Crippen LogP contribution in [0.2, 0.25) is 0 Å². The number of rotatable bonds is 0. The Balaban J connectivity index is 2.84. The summed E-state index contributed by atoms with van der Waals surface area (Å²) in [6.07, 6.45) is 9.76. The third kappa shape index (κ3) is 1.76. The number of halogens is 1. The first-order valence-electron chi connectivity index (χ1n) is 3.99. The van der Waals surface area contributed by atoms with E-state index in [-0.39, 0.29) is 9.74 Å². The first-order chi connectivity index (χ1) is 4.96. The van der Waals surface area contributed by atoms with Crippen LogP contribution in [-0.2, 0) is 0 Å². The summed E-state index contributed by atoms with van der Waals surface area (Å²) in [5.41, 5.74) is 0.286. The summed E-state index contributed by atoms with van der Waals surface area (Å²) in [6, 6.07) is 0. The fourth-order valence-corrected chi connectivity index (χ4v) is 1.49. The Hall–Kier alpha value is -0.0400. The van der Waals surface area contributed by atoms with Crippen molar-refractivity contribution < 1.29 is 0 Å². The van der Waals surface area contributed by atoms with Gasteiger partial charge in [-0.2, -0.15) is 0 Å². The molecule has 1 atom stereocenters. The zero-order chi connectivity index (χ0) is 8.54. The number of alkyl halides is 1. The fraction of sp³-hybridized carbons (Fsp3) is 0.600. The van der Waals surface area contributed by atoms with Crippen LogP contribution < -0.4 is 0 Å². The summed E-state index contributed by atoms with van der Waals surface area (Å²) < 4.78 is 0.161. The van der Waals surface area contributed by atoms with E-state index in [0.717, 1.165) is 6.42 Å². The van der Waals surface area contributed by atoms with E-state index in [9.17, 15) is 0 Å². The van der Waals surface area contributed by atoms with Crippen LogP contribution >= 0.6 is 15.9 Å². The molecule has 1 unspecified atom stereocenters. The molecule has 1 rings (SSSR count). The van der Waals surface area contributed by atoms with Crippen molar-refractivity contribution in [2.24, 2.45) is 5.41 Å². The lowest BCUT2D eigenvalue weighted by molar-refractivity contribution is 0.335. The molecule has 0 N–H and O–H groups in total. The van der Waals surface area contributed by atoms with Crippen molar-refractivity contribution in [1.82, 2.24) is 0 Å². The Bertz CT molecular complexity index is 195. The van der Waals surface area contributed by atoms with Crippen molar-refractivity contribution >= 4 is 15.9 Å². The lowest BCUT2D eigenvalue weighted by atomic mass is 9.77. The summed E-state index contributed by atoms with van der Waals surface area (Å²) in [5.74, 6) is 0. The van der Waals surface area contributed by atoms with Crippen LogP contribution in [0.3, 0.4) is 0 Å².